The van der Waals surface area contributed by atoms with Crippen molar-refractivity contribution in [3.8, 4) is 28.3 Å². The molecule has 3 aromatic carbocycles. The number of benzene rings is 3. The lowest BCUT2D eigenvalue weighted by Crippen LogP contribution is -2.44. The smallest absolute Gasteiger partial charge is 0.276 e. The molecule has 1 heterocycles. The molecule has 1 aliphatic carbocycles. The summed E-state index contributed by atoms with van der Waals surface area (Å²) in [7, 11) is 0. The van der Waals surface area contributed by atoms with Crippen molar-refractivity contribution in [1.29, 1.82) is 0 Å². The normalized spacial score (nSPS) is 12.1. The Morgan fingerprint density at radius 1 is 0.892 bits per heavy atom. The van der Waals surface area contributed by atoms with Crippen LogP contribution in [0.4, 0.5) is 0 Å². The van der Waals surface area contributed by atoms with Gasteiger partial charge in [-0.1, -0.05) is 78.5 Å². The van der Waals surface area contributed by atoms with Crippen LogP contribution in [-0.4, -0.2) is 29.2 Å². The first-order valence-electron chi connectivity index (χ1n) is 12.1. The lowest BCUT2D eigenvalue weighted by Gasteiger charge is -2.13. The fourth-order valence-corrected chi connectivity index (χ4v) is 5.03. The molecule has 37 heavy (non-hydrogen) atoms. The Labute approximate surface area is 219 Å². The van der Waals surface area contributed by atoms with E-state index < -0.39 is 5.91 Å². The maximum absolute atomic E-state index is 12.4. The predicted octanol–water partition coefficient (Wildman–Crippen LogP) is 5.12. The van der Waals surface area contributed by atoms with Crippen LogP contribution in [0.15, 0.2) is 82.4 Å². The SMILES string of the molecule is Cc1ccc(OCC(=O)NNC(=O)CSc2nc(-c3ccccc3)c(-c3ccccc3)o2)c2c1CCC2. The summed E-state index contributed by atoms with van der Waals surface area (Å²) >= 11 is 1.16. The number of carbonyl (C=O) groups excluding carboxylic acids is 2. The van der Waals surface area contributed by atoms with Gasteiger partial charge in [0.2, 0.25) is 5.91 Å². The topological polar surface area (TPSA) is 93.5 Å². The maximum atomic E-state index is 12.4. The largest absolute Gasteiger partial charge is 0.483 e. The second kappa shape index (κ2) is 11.3. The lowest BCUT2D eigenvalue weighted by molar-refractivity contribution is -0.128. The van der Waals surface area contributed by atoms with Crippen molar-refractivity contribution in [2.45, 2.75) is 31.4 Å². The Kier molecular flexibility index (Phi) is 7.56. The number of thioether (sulfide) groups is 1. The number of hydrogen-bond acceptors (Lipinski definition) is 6. The fraction of sp³-hybridized carbons (Fsp3) is 0.207. The fourth-order valence-electron chi connectivity index (χ4n) is 4.41. The van der Waals surface area contributed by atoms with Crippen LogP contribution in [0.3, 0.4) is 0 Å². The summed E-state index contributed by atoms with van der Waals surface area (Å²) in [6, 6.07) is 23.4. The third-order valence-electron chi connectivity index (χ3n) is 6.19. The number of carbonyl (C=O) groups is 2. The summed E-state index contributed by atoms with van der Waals surface area (Å²) in [6.07, 6.45) is 3.10. The number of amides is 2. The molecule has 0 aliphatic heterocycles. The highest BCUT2D eigenvalue weighted by atomic mass is 32.2. The number of hydrazine groups is 1. The third-order valence-corrected chi connectivity index (χ3v) is 7.02. The molecule has 2 amide bonds. The molecular formula is C29H27N3O4S. The van der Waals surface area contributed by atoms with Crippen LogP contribution in [0.5, 0.6) is 5.75 Å². The first kappa shape index (κ1) is 24.6. The summed E-state index contributed by atoms with van der Waals surface area (Å²) in [5, 5.41) is 0.371. The van der Waals surface area contributed by atoms with Crippen LogP contribution < -0.4 is 15.6 Å². The molecule has 0 fully saturated rings. The van der Waals surface area contributed by atoms with Gasteiger partial charge in [0, 0.05) is 11.1 Å². The van der Waals surface area contributed by atoms with Gasteiger partial charge in [-0.15, -0.1) is 0 Å². The van der Waals surface area contributed by atoms with Gasteiger partial charge in [-0.05, 0) is 48.9 Å². The molecule has 0 atom stereocenters. The summed E-state index contributed by atoms with van der Waals surface area (Å²) in [5.41, 5.74) is 11.1. The molecule has 1 aliphatic rings. The van der Waals surface area contributed by atoms with E-state index in [9.17, 15) is 9.59 Å². The van der Waals surface area contributed by atoms with E-state index in [-0.39, 0.29) is 18.3 Å². The number of nitrogens with one attached hydrogen (secondary N) is 2. The van der Waals surface area contributed by atoms with E-state index in [4.69, 9.17) is 9.15 Å². The summed E-state index contributed by atoms with van der Waals surface area (Å²) in [4.78, 5) is 29.2. The highest BCUT2D eigenvalue weighted by Crippen LogP contribution is 2.35. The van der Waals surface area contributed by atoms with Crippen molar-refractivity contribution < 1.29 is 18.7 Å². The Bertz CT molecular complexity index is 1350. The number of nitrogens with zero attached hydrogens (tertiary/aromatic N) is 1. The average molecular weight is 514 g/mol. The van der Waals surface area contributed by atoms with Gasteiger partial charge in [0.05, 0.1) is 5.75 Å². The zero-order chi connectivity index (χ0) is 25.6. The van der Waals surface area contributed by atoms with E-state index in [1.807, 2.05) is 72.8 Å². The molecule has 8 heteroatoms. The number of aromatic nitrogens is 1. The van der Waals surface area contributed by atoms with Gasteiger partial charge < -0.3 is 9.15 Å². The van der Waals surface area contributed by atoms with Crippen molar-refractivity contribution in [3.63, 3.8) is 0 Å². The Hall–Kier alpha value is -4.04. The van der Waals surface area contributed by atoms with Crippen molar-refractivity contribution in [3.05, 3.63) is 89.5 Å². The number of rotatable bonds is 8. The first-order valence-corrected chi connectivity index (χ1v) is 13.1. The van der Waals surface area contributed by atoms with Crippen LogP contribution in [0.1, 0.15) is 23.1 Å². The molecule has 0 saturated carbocycles. The number of ether oxygens (including phenoxy) is 1. The summed E-state index contributed by atoms with van der Waals surface area (Å²) in [5.74, 6) is 0.593. The minimum absolute atomic E-state index is 0.0234. The number of aryl methyl sites for hydroxylation is 1. The molecule has 0 saturated heterocycles. The Morgan fingerprint density at radius 3 is 2.32 bits per heavy atom. The second-order valence-corrected chi connectivity index (χ2v) is 9.68. The second-order valence-electron chi connectivity index (χ2n) is 8.75. The molecule has 0 unspecified atom stereocenters. The van der Waals surface area contributed by atoms with E-state index in [0.717, 1.165) is 47.9 Å². The van der Waals surface area contributed by atoms with E-state index in [2.05, 4.69) is 22.8 Å². The third kappa shape index (κ3) is 5.86. The van der Waals surface area contributed by atoms with Crippen molar-refractivity contribution in [2.75, 3.05) is 12.4 Å². The monoisotopic (exact) mass is 513 g/mol. The summed E-state index contributed by atoms with van der Waals surface area (Å²) < 4.78 is 11.8. The number of hydrogen-bond donors (Lipinski definition) is 2. The molecule has 5 rings (SSSR count). The first-order chi connectivity index (χ1) is 18.1. The maximum Gasteiger partial charge on any atom is 0.276 e. The van der Waals surface area contributed by atoms with Crippen LogP contribution >= 0.6 is 11.8 Å². The zero-order valence-corrected chi connectivity index (χ0v) is 21.3. The van der Waals surface area contributed by atoms with Crippen LogP contribution in [0.25, 0.3) is 22.6 Å². The van der Waals surface area contributed by atoms with E-state index in [0.29, 0.717) is 16.7 Å². The van der Waals surface area contributed by atoms with Crippen molar-refractivity contribution >= 4 is 23.6 Å². The molecule has 4 aromatic rings. The number of oxazole rings is 1. The van der Waals surface area contributed by atoms with E-state index >= 15 is 0 Å². The van der Waals surface area contributed by atoms with Gasteiger partial charge in [0.25, 0.3) is 11.1 Å². The summed E-state index contributed by atoms with van der Waals surface area (Å²) in [6.45, 7) is 1.92. The van der Waals surface area contributed by atoms with Crippen LogP contribution in [0, 0.1) is 6.92 Å². The quantitative estimate of drug-likeness (QED) is 0.251. The van der Waals surface area contributed by atoms with E-state index in [1.165, 1.54) is 16.7 Å². The molecule has 7 nitrogen and oxygen atoms in total. The minimum atomic E-state index is -0.431. The average Bonchev–Trinajstić information content (AvgIpc) is 3.60. The van der Waals surface area contributed by atoms with Crippen molar-refractivity contribution in [2.24, 2.45) is 0 Å². The van der Waals surface area contributed by atoms with Crippen molar-refractivity contribution in [1.82, 2.24) is 15.8 Å². The van der Waals surface area contributed by atoms with E-state index in [1.54, 1.807) is 0 Å². The highest BCUT2D eigenvalue weighted by molar-refractivity contribution is 7.99. The standard InChI is InChI=1S/C29H27N3O4S/c1-19-15-16-24(23-14-8-13-22(19)23)35-17-25(33)31-32-26(34)18-37-29-30-27(20-9-4-2-5-10-20)28(36-29)21-11-6-3-7-12-21/h2-7,9-12,15-16H,8,13-14,17-18H2,1H3,(H,31,33)(H,32,34). The Morgan fingerprint density at radius 2 is 1.57 bits per heavy atom. The zero-order valence-electron chi connectivity index (χ0n) is 20.5. The molecule has 2 N–H and O–H groups in total. The van der Waals surface area contributed by atoms with Gasteiger partial charge in [-0.3, -0.25) is 20.4 Å². The molecular weight excluding hydrogens is 486 g/mol. The molecule has 0 bridgehead atoms. The van der Waals surface area contributed by atoms with Crippen LogP contribution in [-0.2, 0) is 22.4 Å². The highest BCUT2D eigenvalue weighted by Gasteiger charge is 2.20. The predicted molar refractivity (Wildman–Crippen MR) is 143 cm³/mol. The van der Waals surface area contributed by atoms with Gasteiger partial charge in [-0.25, -0.2) is 4.98 Å². The van der Waals surface area contributed by atoms with Gasteiger partial charge in [0.15, 0.2) is 12.4 Å². The lowest BCUT2D eigenvalue weighted by atomic mass is 10.0. The molecule has 188 valence electrons. The number of fused-ring (bicyclic) bond motifs is 1. The Balaban J connectivity index is 1.15. The van der Waals surface area contributed by atoms with Gasteiger partial charge in [0.1, 0.15) is 11.4 Å². The van der Waals surface area contributed by atoms with Gasteiger partial charge >= 0.3 is 0 Å². The molecule has 0 spiro atoms. The van der Waals surface area contributed by atoms with Crippen LogP contribution in [0.2, 0.25) is 0 Å². The van der Waals surface area contributed by atoms with Gasteiger partial charge in [-0.2, -0.15) is 0 Å². The molecule has 0 radical (unpaired) electrons. The minimum Gasteiger partial charge on any atom is -0.483 e. The molecule has 1 aromatic heterocycles.